The quantitative estimate of drug-likeness (QED) is 0.906. The second-order valence-corrected chi connectivity index (χ2v) is 6.14. The summed E-state index contributed by atoms with van der Waals surface area (Å²) in [5, 5.41) is 0. The van der Waals surface area contributed by atoms with Gasteiger partial charge in [0.15, 0.2) is 0 Å². The van der Waals surface area contributed by atoms with Crippen molar-refractivity contribution in [2.75, 3.05) is 26.2 Å². The van der Waals surface area contributed by atoms with Crippen LogP contribution in [0.3, 0.4) is 0 Å². The van der Waals surface area contributed by atoms with Crippen molar-refractivity contribution in [2.24, 2.45) is 0 Å². The molecule has 0 bridgehead atoms. The van der Waals surface area contributed by atoms with Crippen molar-refractivity contribution in [1.29, 1.82) is 0 Å². The maximum absolute atomic E-state index is 4.59. The van der Waals surface area contributed by atoms with Crippen molar-refractivity contribution < 1.29 is 0 Å². The molecular formula is C15H26N4. The molecule has 1 aromatic rings. The number of H-pyrrole nitrogens is 1. The Morgan fingerprint density at radius 3 is 2.37 bits per heavy atom. The second-order valence-electron chi connectivity index (χ2n) is 6.14. The number of rotatable bonds is 3. The number of hydrogen-bond donors (Lipinski definition) is 1. The zero-order valence-corrected chi connectivity index (χ0v) is 12.3. The third kappa shape index (κ3) is 3.00. The molecule has 0 unspecified atom stereocenters. The molecule has 1 aliphatic heterocycles. The van der Waals surface area contributed by atoms with Crippen LogP contribution >= 0.6 is 0 Å². The summed E-state index contributed by atoms with van der Waals surface area (Å²) in [6, 6.07) is 0.884. The third-order valence-electron chi connectivity index (χ3n) is 4.80. The standard InChI is InChI=1S/C15H26N4/c1-12-13(2)17-15(16-12)11-18-7-9-19(10-8-18)14-5-3-4-6-14/h14H,3-11H2,1-2H3,(H,16,17). The number of imidazole rings is 1. The van der Waals surface area contributed by atoms with E-state index >= 15 is 0 Å². The highest BCUT2D eigenvalue weighted by atomic mass is 15.3. The number of piperazine rings is 1. The van der Waals surface area contributed by atoms with E-state index in [2.05, 4.69) is 33.6 Å². The lowest BCUT2D eigenvalue weighted by Gasteiger charge is -2.37. The molecule has 0 spiro atoms. The fourth-order valence-corrected chi connectivity index (χ4v) is 3.46. The summed E-state index contributed by atoms with van der Waals surface area (Å²) < 4.78 is 0. The van der Waals surface area contributed by atoms with Crippen molar-refractivity contribution in [3.05, 3.63) is 17.2 Å². The summed E-state index contributed by atoms with van der Waals surface area (Å²) in [7, 11) is 0. The molecule has 2 aliphatic rings. The average molecular weight is 262 g/mol. The highest BCUT2D eigenvalue weighted by molar-refractivity contribution is 5.10. The van der Waals surface area contributed by atoms with Gasteiger partial charge < -0.3 is 4.98 Å². The minimum Gasteiger partial charge on any atom is -0.345 e. The molecule has 4 heteroatoms. The largest absolute Gasteiger partial charge is 0.345 e. The molecule has 0 atom stereocenters. The molecule has 0 amide bonds. The fraction of sp³-hybridized carbons (Fsp3) is 0.800. The van der Waals surface area contributed by atoms with Crippen LogP contribution in [0.5, 0.6) is 0 Å². The first-order chi connectivity index (χ1) is 9.22. The predicted molar refractivity (Wildman–Crippen MR) is 77.2 cm³/mol. The lowest BCUT2D eigenvalue weighted by atomic mass is 10.2. The van der Waals surface area contributed by atoms with Gasteiger partial charge in [-0.2, -0.15) is 0 Å². The smallest absolute Gasteiger partial charge is 0.120 e. The van der Waals surface area contributed by atoms with Gasteiger partial charge in [-0.3, -0.25) is 9.80 Å². The molecule has 1 N–H and O–H groups in total. The summed E-state index contributed by atoms with van der Waals surface area (Å²) in [4.78, 5) is 13.2. The molecule has 1 aliphatic carbocycles. The highest BCUT2D eigenvalue weighted by Gasteiger charge is 2.26. The summed E-state index contributed by atoms with van der Waals surface area (Å²) in [5.74, 6) is 1.13. The summed E-state index contributed by atoms with van der Waals surface area (Å²) in [6.07, 6.45) is 5.73. The van der Waals surface area contributed by atoms with Crippen molar-refractivity contribution in [2.45, 2.75) is 52.1 Å². The minimum absolute atomic E-state index is 0.884. The first-order valence-corrected chi connectivity index (χ1v) is 7.71. The van der Waals surface area contributed by atoms with Gasteiger partial charge in [0.25, 0.3) is 0 Å². The number of aromatic amines is 1. The van der Waals surface area contributed by atoms with E-state index in [4.69, 9.17) is 0 Å². The van der Waals surface area contributed by atoms with Crippen LogP contribution in [-0.2, 0) is 6.54 Å². The number of nitrogens with zero attached hydrogens (tertiary/aromatic N) is 3. The van der Waals surface area contributed by atoms with Gasteiger partial charge in [0.2, 0.25) is 0 Å². The molecule has 0 aromatic carbocycles. The zero-order valence-electron chi connectivity index (χ0n) is 12.3. The number of aryl methyl sites for hydroxylation is 2. The topological polar surface area (TPSA) is 35.2 Å². The van der Waals surface area contributed by atoms with Gasteiger partial charge in [0.1, 0.15) is 5.82 Å². The van der Waals surface area contributed by atoms with Crippen LogP contribution in [0.25, 0.3) is 0 Å². The van der Waals surface area contributed by atoms with E-state index in [0.717, 1.165) is 24.1 Å². The maximum Gasteiger partial charge on any atom is 0.120 e. The van der Waals surface area contributed by atoms with Crippen molar-refractivity contribution in [1.82, 2.24) is 19.8 Å². The lowest BCUT2D eigenvalue weighted by molar-refractivity contribution is 0.0923. The van der Waals surface area contributed by atoms with E-state index in [1.807, 2.05) is 0 Å². The van der Waals surface area contributed by atoms with E-state index in [1.54, 1.807) is 0 Å². The Kier molecular flexibility index (Phi) is 3.89. The predicted octanol–water partition coefficient (Wildman–Crippen LogP) is 2.09. The molecule has 106 valence electrons. The van der Waals surface area contributed by atoms with Crippen molar-refractivity contribution in [3.63, 3.8) is 0 Å². The Bertz CT molecular complexity index is 392. The molecule has 1 aromatic heterocycles. The number of hydrogen-bond acceptors (Lipinski definition) is 3. The number of nitrogens with one attached hydrogen (secondary N) is 1. The van der Waals surface area contributed by atoms with E-state index in [-0.39, 0.29) is 0 Å². The molecule has 2 fully saturated rings. The van der Waals surface area contributed by atoms with Crippen LogP contribution in [0, 0.1) is 13.8 Å². The van der Waals surface area contributed by atoms with E-state index in [1.165, 1.54) is 57.6 Å². The van der Waals surface area contributed by atoms with Crippen LogP contribution in [-0.4, -0.2) is 52.0 Å². The Hall–Kier alpha value is -0.870. The molecular weight excluding hydrogens is 236 g/mol. The van der Waals surface area contributed by atoms with Gasteiger partial charge in [-0.15, -0.1) is 0 Å². The summed E-state index contributed by atoms with van der Waals surface area (Å²) >= 11 is 0. The summed E-state index contributed by atoms with van der Waals surface area (Å²) in [5.41, 5.74) is 2.35. The number of aromatic nitrogens is 2. The van der Waals surface area contributed by atoms with Crippen LogP contribution in [0.15, 0.2) is 0 Å². The van der Waals surface area contributed by atoms with Gasteiger partial charge in [0.05, 0.1) is 12.2 Å². The second kappa shape index (κ2) is 5.63. The first kappa shape index (κ1) is 13.1. The van der Waals surface area contributed by atoms with Gasteiger partial charge in [-0.05, 0) is 26.7 Å². The monoisotopic (exact) mass is 262 g/mol. The van der Waals surface area contributed by atoms with E-state index in [0.29, 0.717) is 0 Å². The Morgan fingerprint density at radius 1 is 1.11 bits per heavy atom. The fourth-order valence-electron chi connectivity index (χ4n) is 3.46. The minimum atomic E-state index is 0.884. The molecule has 3 rings (SSSR count). The van der Waals surface area contributed by atoms with Crippen LogP contribution in [0.1, 0.15) is 42.9 Å². The Labute approximate surface area is 116 Å². The van der Waals surface area contributed by atoms with Crippen LogP contribution in [0.2, 0.25) is 0 Å². The first-order valence-electron chi connectivity index (χ1n) is 7.71. The summed E-state index contributed by atoms with van der Waals surface area (Å²) in [6.45, 7) is 10.0. The normalized spacial score (nSPS) is 23.3. The van der Waals surface area contributed by atoms with Gasteiger partial charge in [-0.25, -0.2) is 4.98 Å². The molecule has 19 heavy (non-hydrogen) atoms. The average Bonchev–Trinajstić information content (AvgIpc) is 3.02. The lowest BCUT2D eigenvalue weighted by Crippen LogP contribution is -2.49. The van der Waals surface area contributed by atoms with Crippen LogP contribution in [0.4, 0.5) is 0 Å². The SMILES string of the molecule is Cc1nc(CN2CCN(C3CCCC3)CC2)[nH]c1C. The third-order valence-corrected chi connectivity index (χ3v) is 4.80. The van der Waals surface area contributed by atoms with Gasteiger partial charge in [-0.1, -0.05) is 12.8 Å². The zero-order chi connectivity index (χ0) is 13.2. The molecule has 1 saturated carbocycles. The molecule has 1 saturated heterocycles. The van der Waals surface area contributed by atoms with E-state index in [9.17, 15) is 0 Å². The van der Waals surface area contributed by atoms with Crippen molar-refractivity contribution in [3.8, 4) is 0 Å². The maximum atomic E-state index is 4.59. The molecule has 2 heterocycles. The van der Waals surface area contributed by atoms with Gasteiger partial charge in [0, 0.05) is 37.9 Å². The molecule has 4 nitrogen and oxygen atoms in total. The van der Waals surface area contributed by atoms with Crippen LogP contribution < -0.4 is 0 Å². The molecule has 0 radical (unpaired) electrons. The van der Waals surface area contributed by atoms with E-state index < -0.39 is 0 Å². The van der Waals surface area contributed by atoms with Crippen molar-refractivity contribution >= 4 is 0 Å². The van der Waals surface area contributed by atoms with Gasteiger partial charge >= 0.3 is 0 Å². The Balaban J connectivity index is 1.49. The Morgan fingerprint density at radius 2 is 1.79 bits per heavy atom. The highest BCUT2D eigenvalue weighted by Crippen LogP contribution is 2.24.